The number of primary amides is 2. The lowest BCUT2D eigenvalue weighted by atomic mass is 10.0. The number of phenolic OH excluding ortho intramolecular Hbond substituents is 2. The summed E-state index contributed by atoms with van der Waals surface area (Å²) in [5.41, 5.74) is 17.2. The first-order valence-electron chi connectivity index (χ1n) is 13.3. The average molecular weight is 601 g/mol. The van der Waals surface area contributed by atoms with Gasteiger partial charge in [0.25, 0.3) is 0 Å². The van der Waals surface area contributed by atoms with Crippen LogP contribution in [-0.2, 0) is 41.6 Å². The van der Waals surface area contributed by atoms with E-state index in [1.54, 1.807) is 0 Å². The van der Waals surface area contributed by atoms with Crippen molar-refractivity contribution in [1.29, 1.82) is 0 Å². The number of nitrogens with two attached hydrogens (primary N) is 3. The van der Waals surface area contributed by atoms with Gasteiger partial charge in [-0.25, -0.2) is 4.79 Å². The summed E-state index contributed by atoms with van der Waals surface area (Å²) in [6.07, 6.45) is -1.13. The third-order valence-corrected chi connectivity index (χ3v) is 6.35. The van der Waals surface area contributed by atoms with Crippen LogP contribution in [0.1, 0.15) is 36.8 Å². The van der Waals surface area contributed by atoms with Gasteiger partial charge in [-0.15, -0.1) is 0 Å². The molecule has 4 atom stereocenters. The number of phenols is 2. The highest BCUT2D eigenvalue weighted by Crippen LogP contribution is 2.14. The number of carbonyl (C=O) groups is 6. The number of aliphatic carboxylic acids is 1. The highest BCUT2D eigenvalue weighted by Gasteiger charge is 2.31. The fourth-order valence-corrected chi connectivity index (χ4v) is 3.95. The first-order chi connectivity index (χ1) is 20.2. The minimum Gasteiger partial charge on any atom is -0.508 e. The number of hydrogen-bond acceptors (Lipinski definition) is 9. The molecule has 0 saturated heterocycles. The molecule has 0 radical (unpaired) electrons. The van der Waals surface area contributed by atoms with Gasteiger partial charge in [0, 0.05) is 25.7 Å². The molecule has 0 fully saturated rings. The third kappa shape index (κ3) is 12.1. The highest BCUT2D eigenvalue weighted by molar-refractivity contribution is 5.94. The molecule has 5 amide bonds. The number of hydrogen-bond donors (Lipinski definition) is 9. The topological polar surface area (TPSA) is 277 Å². The van der Waals surface area contributed by atoms with Crippen molar-refractivity contribution in [2.24, 2.45) is 17.2 Å². The zero-order valence-electron chi connectivity index (χ0n) is 23.2. The van der Waals surface area contributed by atoms with Crippen LogP contribution in [0.3, 0.4) is 0 Å². The van der Waals surface area contributed by atoms with Crippen LogP contribution in [0.15, 0.2) is 48.5 Å². The lowest BCUT2D eigenvalue weighted by Crippen LogP contribution is -2.58. The highest BCUT2D eigenvalue weighted by atomic mass is 16.4. The van der Waals surface area contributed by atoms with E-state index in [0.717, 1.165) is 0 Å². The molecule has 15 heteroatoms. The molecule has 0 aliphatic heterocycles. The van der Waals surface area contributed by atoms with Gasteiger partial charge in [-0.2, -0.15) is 0 Å². The minimum atomic E-state index is -1.43. The summed E-state index contributed by atoms with van der Waals surface area (Å²) in [6, 6.07) is 6.07. The van der Waals surface area contributed by atoms with Crippen molar-refractivity contribution in [1.82, 2.24) is 16.0 Å². The molecule has 0 spiro atoms. The van der Waals surface area contributed by atoms with Crippen LogP contribution in [0.5, 0.6) is 11.5 Å². The van der Waals surface area contributed by atoms with Crippen molar-refractivity contribution < 1.29 is 44.1 Å². The molecule has 12 N–H and O–H groups in total. The van der Waals surface area contributed by atoms with E-state index in [-0.39, 0.29) is 50.0 Å². The third-order valence-electron chi connectivity index (χ3n) is 6.35. The van der Waals surface area contributed by atoms with Crippen molar-refractivity contribution in [3.63, 3.8) is 0 Å². The largest absolute Gasteiger partial charge is 0.508 e. The number of carboxylic acids is 1. The minimum absolute atomic E-state index is 0.0309. The van der Waals surface area contributed by atoms with Crippen LogP contribution in [0.2, 0.25) is 0 Å². The number of benzene rings is 2. The Hall–Kier alpha value is -5.18. The maximum Gasteiger partial charge on any atom is 0.326 e. The van der Waals surface area contributed by atoms with E-state index >= 15 is 0 Å². The van der Waals surface area contributed by atoms with Gasteiger partial charge < -0.3 is 48.5 Å². The zero-order valence-corrected chi connectivity index (χ0v) is 23.2. The van der Waals surface area contributed by atoms with E-state index in [9.17, 15) is 44.1 Å². The summed E-state index contributed by atoms with van der Waals surface area (Å²) in [5, 5.41) is 36.0. The zero-order chi connectivity index (χ0) is 32.1. The van der Waals surface area contributed by atoms with Crippen LogP contribution in [-0.4, -0.2) is 75.0 Å². The number of carbonyl (C=O) groups excluding carboxylic acids is 5. The second-order valence-electron chi connectivity index (χ2n) is 9.88. The van der Waals surface area contributed by atoms with Crippen molar-refractivity contribution in [2.45, 2.75) is 62.7 Å². The quantitative estimate of drug-likeness (QED) is 0.0990. The number of aromatic hydroxyl groups is 2. The van der Waals surface area contributed by atoms with Gasteiger partial charge in [-0.1, -0.05) is 24.3 Å². The summed E-state index contributed by atoms with van der Waals surface area (Å²) in [4.78, 5) is 73.8. The monoisotopic (exact) mass is 600 g/mol. The Bertz CT molecular complexity index is 1300. The summed E-state index contributed by atoms with van der Waals surface area (Å²) < 4.78 is 0. The smallest absolute Gasteiger partial charge is 0.326 e. The Balaban J connectivity index is 2.26. The van der Waals surface area contributed by atoms with Crippen LogP contribution in [0.4, 0.5) is 0 Å². The number of rotatable bonds is 17. The molecule has 43 heavy (non-hydrogen) atoms. The van der Waals surface area contributed by atoms with Crippen molar-refractivity contribution in [3.05, 3.63) is 59.7 Å². The molecule has 2 rings (SSSR count). The molecule has 2 aromatic rings. The van der Waals surface area contributed by atoms with Gasteiger partial charge in [0.15, 0.2) is 0 Å². The molecular weight excluding hydrogens is 564 g/mol. The molecule has 0 aromatic heterocycles. The summed E-state index contributed by atoms with van der Waals surface area (Å²) in [6.45, 7) is 0. The van der Waals surface area contributed by atoms with E-state index in [1.165, 1.54) is 48.5 Å². The van der Waals surface area contributed by atoms with Gasteiger partial charge in [0.1, 0.15) is 29.6 Å². The SMILES string of the molecule is NC(=O)CCC(N)C(=O)NC(Cc1ccc(O)cc1)C(=O)NC(CCC(N)=O)C(=O)NC(Cc1ccc(O)cc1)C(=O)O. The van der Waals surface area contributed by atoms with Crippen LogP contribution >= 0.6 is 0 Å². The predicted molar refractivity (Wildman–Crippen MR) is 152 cm³/mol. The van der Waals surface area contributed by atoms with Gasteiger partial charge in [0.05, 0.1) is 6.04 Å². The van der Waals surface area contributed by atoms with E-state index in [1.807, 2.05) is 0 Å². The fourth-order valence-electron chi connectivity index (χ4n) is 3.95. The Morgan fingerprint density at radius 3 is 1.47 bits per heavy atom. The van der Waals surface area contributed by atoms with Gasteiger partial charge >= 0.3 is 5.97 Å². The molecule has 0 aliphatic rings. The average Bonchev–Trinajstić information content (AvgIpc) is 2.94. The Kier molecular flexibility index (Phi) is 12.9. The Morgan fingerprint density at radius 1 is 0.605 bits per heavy atom. The van der Waals surface area contributed by atoms with Crippen molar-refractivity contribution >= 4 is 35.5 Å². The van der Waals surface area contributed by atoms with E-state index in [2.05, 4.69) is 16.0 Å². The maximum absolute atomic E-state index is 13.4. The van der Waals surface area contributed by atoms with Gasteiger partial charge in [-0.05, 0) is 48.2 Å². The molecule has 0 heterocycles. The normalized spacial score (nSPS) is 13.5. The lowest BCUT2D eigenvalue weighted by Gasteiger charge is -2.25. The van der Waals surface area contributed by atoms with Gasteiger partial charge in [0.2, 0.25) is 29.5 Å². The number of amides is 5. The van der Waals surface area contributed by atoms with Gasteiger partial charge in [-0.3, -0.25) is 24.0 Å². The summed E-state index contributed by atoms with van der Waals surface area (Å²) >= 11 is 0. The summed E-state index contributed by atoms with van der Waals surface area (Å²) in [7, 11) is 0. The van der Waals surface area contributed by atoms with Crippen molar-refractivity contribution in [2.75, 3.05) is 0 Å². The van der Waals surface area contributed by atoms with Crippen LogP contribution in [0.25, 0.3) is 0 Å². The van der Waals surface area contributed by atoms with Crippen LogP contribution in [0, 0.1) is 0 Å². The number of nitrogens with one attached hydrogen (secondary N) is 3. The lowest BCUT2D eigenvalue weighted by molar-refractivity contribution is -0.142. The van der Waals surface area contributed by atoms with Crippen molar-refractivity contribution in [3.8, 4) is 11.5 Å². The predicted octanol–water partition coefficient (Wildman–Crippen LogP) is -1.72. The molecule has 0 saturated carbocycles. The van der Waals surface area contributed by atoms with E-state index in [0.29, 0.717) is 11.1 Å². The second kappa shape index (κ2) is 16.3. The summed E-state index contributed by atoms with van der Waals surface area (Å²) in [5.74, 6) is -5.45. The standard InChI is InChI=1S/C28H36N6O9/c29-19(9-11-23(30)37)25(39)33-21(13-15-1-5-17(35)6-2-15)27(41)32-20(10-12-24(31)38)26(40)34-22(28(42)43)14-16-3-7-18(36)8-4-16/h1-8,19-22,35-36H,9-14,29H2,(H2,30,37)(H2,31,38)(H,32,41)(H,33,39)(H,34,40)(H,42,43). The Labute approximate surface area is 246 Å². The molecule has 15 nitrogen and oxygen atoms in total. The molecule has 2 aromatic carbocycles. The van der Waals surface area contributed by atoms with Crippen LogP contribution < -0.4 is 33.2 Å². The molecular formula is C28H36N6O9. The molecule has 0 aliphatic carbocycles. The molecule has 4 unspecified atom stereocenters. The fraction of sp³-hybridized carbons (Fsp3) is 0.357. The van der Waals surface area contributed by atoms with E-state index in [4.69, 9.17) is 17.2 Å². The maximum atomic E-state index is 13.4. The number of carboxylic acid groups (broad SMARTS) is 1. The first-order valence-corrected chi connectivity index (χ1v) is 13.3. The Morgan fingerprint density at radius 2 is 1.00 bits per heavy atom. The van der Waals surface area contributed by atoms with E-state index < -0.39 is 59.7 Å². The molecule has 0 bridgehead atoms. The first kappa shape index (κ1) is 34.0. The second-order valence-corrected chi connectivity index (χ2v) is 9.88. The molecule has 232 valence electrons.